The van der Waals surface area contributed by atoms with Crippen molar-refractivity contribution >= 4 is 22.9 Å². The van der Waals surface area contributed by atoms with Gasteiger partial charge in [0.1, 0.15) is 4.99 Å². The van der Waals surface area contributed by atoms with Gasteiger partial charge in [0.05, 0.1) is 0 Å². The van der Waals surface area contributed by atoms with Crippen LogP contribution in [0.1, 0.15) is 58.1 Å². The first-order valence-corrected chi connectivity index (χ1v) is 8.16. The Labute approximate surface area is 134 Å². The molecular weight excluding hydrogens is 276 g/mol. The average molecular weight is 305 g/mol. The minimum absolute atomic E-state index is 0.396. The fourth-order valence-corrected chi connectivity index (χ4v) is 4.44. The Hall–Kier alpha value is -1.09. The summed E-state index contributed by atoms with van der Waals surface area (Å²) in [5.41, 5.74) is 9.81. The molecular formula is C18H28N2S. The van der Waals surface area contributed by atoms with Crippen molar-refractivity contribution in [3.63, 3.8) is 0 Å². The van der Waals surface area contributed by atoms with E-state index in [9.17, 15) is 0 Å². The normalized spacial score (nSPS) is 21.0. The Morgan fingerprint density at radius 2 is 1.76 bits per heavy atom. The summed E-state index contributed by atoms with van der Waals surface area (Å²) < 4.78 is 0. The van der Waals surface area contributed by atoms with Crippen LogP contribution < -0.4 is 11.1 Å². The molecule has 1 aliphatic carbocycles. The first-order chi connectivity index (χ1) is 9.58. The van der Waals surface area contributed by atoms with Crippen molar-refractivity contribution in [3.8, 4) is 0 Å². The zero-order chi connectivity index (χ0) is 15.8. The molecule has 0 aliphatic heterocycles. The zero-order valence-corrected chi connectivity index (χ0v) is 14.7. The van der Waals surface area contributed by atoms with Crippen LogP contribution in [0.15, 0.2) is 18.2 Å². The molecule has 0 heterocycles. The van der Waals surface area contributed by atoms with Gasteiger partial charge in [0, 0.05) is 17.3 Å². The van der Waals surface area contributed by atoms with Crippen LogP contribution in [-0.4, -0.2) is 11.0 Å². The zero-order valence-electron chi connectivity index (χ0n) is 13.9. The highest BCUT2D eigenvalue weighted by molar-refractivity contribution is 7.80. The van der Waals surface area contributed by atoms with Crippen molar-refractivity contribution in [2.45, 2.75) is 59.9 Å². The van der Waals surface area contributed by atoms with Crippen molar-refractivity contribution in [1.82, 2.24) is 0 Å². The van der Waals surface area contributed by atoms with E-state index in [1.165, 1.54) is 24.9 Å². The molecule has 3 N–H and O–H groups in total. The smallest absolute Gasteiger partial charge is 0.104 e. The van der Waals surface area contributed by atoms with Crippen LogP contribution in [0, 0.1) is 17.8 Å². The number of anilines is 1. The molecule has 2 nitrogen and oxygen atoms in total. The highest BCUT2D eigenvalue weighted by Crippen LogP contribution is 2.46. The lowest BCUT2D eigenvalue weighted by molar-refractivity contribution is 0.105. The molecule has 1 aromatic rings. The molecule has 0 spiro atoms. The lowest BCUT2D eigenvalue weighted by Gasteiger charge is -2.45. The topological polar surface area (TPSA) is 38.0 Å². The summed E-state index contributed by atoms with van der Waals surface area (Å²) in [6, 6.07) is 6.80. The van der Waals surface area contributed by atoms with Crippen molar-refractivity contribution in [2.75, 3.05) is 5.32 Å². The Balaban J connectivity index is 2.14. The maximum absolute atomic E-state index is 5.73. The van der Waals surface area contributed by atoms with E-state index in [-0.39, 0.29) is 0 Å². The SMILES string of the molecule is Cc1cc(NC2CC(C)(C)CC(C)(C)C2)ccc1C(N)=S. The summed E-state index contributed by atoms with van der Waals surface area (Å²) in [6.07, 6.45) is 3.72. The minimum Gasteiger partial charge on any atom is -0.389 e. The molecule has 1 fully saturated rings. The van der Waals surface area contributed by atoms with Gasteiger partial charge in [0.15, 0.2) is 0 Å². The largest absolute Gasteiger partial charge is 0.389 e. The third-order valence-corrected chi connectivity index (χ3v) is 4.64. The van der Waals surface area contributed by atoms with Gasteiger partial charge in [-0.05, 0) is 60.8 Å². The van der Waals surface area contributed by atoms with E-state index < -0.39 is 0 Å². The summed E-state index contributed by atoms with van der Waals surface area (Å²) in [6.45, 7) is 11.6. The molecule has 0 saturated heterocycles. The minimum atomic E-state index is 0.396. The molecule has 116 valence electrons. The predicted molar refractivity (Wildman–Crippen MR) is 95.9 cm³/mol. The lowest BCUT2D eigenvalue weighted by atomic mass is 9.63. The van der Waals surface area contributed by atoms with Crippen LogP contribution in [0.5, 0.6) is 0 Å². The molecule has 0 aromatic heterocycles. The van der Waals surface area contributed by atoms with Crippen LogP contribution in [0.3, 0.4) is 0 Å². The number of aryl methyl sites for hydroxylation is 1. The Kier molecular flexibility index (Phi) is 4.34. The summed E-state index contributed by atoms with van der Waals surface area (Å²) >= 11 is 5.07. The van der Waals surface area contributed by atoms with Crippen LogP contribution in [0.4, 0.5) is 5.69 Å². The molecule has 1 aromatic carbocycles. The summed E-state index contributed by atoms with van der Waals surface area (Å²) in [4.78, 5) is 0.471. The van der Waals surface area contributed by atoms with Crippen LogP contribution in [0.2, 0.25) is 0 Å². The second-order valence-electron chi connectivity index (χ2n) is 8.15. The summed E-state index contributed by atoms with van der Waals surface area (Å²) in [5.74, 6) is 0. The van der Waals surface area contributed by atoms with Gasteiger partial charge in [-0.2, -0.15) is 0 Å². The standard InChI is InChI=1S/C18H28N2S/c1-12-8-13(6-7-15(12)16(19)21)20-14-9-17(2,3)11-18(4,5)10-14/h6-8,14,20H,9-11H2,1-5H3,(H2,19,21). The number of hydrogen-bond acceptors (Lipinski definition) is 2. The monoisotopic (exact) mass is 304 g/mol. The Morgan fingerprint density at radius 1 is 1.19 bits per heavy atom. The van der Waals surface area contributed by atoms with Crippen LogP contribution in [-0.2, 0) is 0 Å². The lowest BCUT2D eigenvalue weighted by Crippen LogP contribution is -2.40. The van der Waals surface area contributed by atoms with Gasteiger partial charge in [0.25, 0.3) is 0 Å². The molecule has 0 radical (unpaired) electrons. The van der Waals surface area contributed by atoms with Gasteiger partial charge in [-0.3, -0.25) is 0 Å². The Bertz CT molecular complexity index is 530. The predicted octanol–water partition coefficient (Wildman–Crippen LogP) is 4.65. The number of rotatable bonds is 3. The summed E-state index contributed by atoms with van der Waals surface area (Å²) in [5, 5.41) is 3.71. The van der Waals surface area contributed by atoms with E-state index in [0.717, 1.165) is 11.1 Å². The highest BCUT2D eigenvalue weighted by Gasteiger charge is 2.38. The quantitative estimate of drug-likeness (QED) is 0.799. The van der Waals surface area contributed by atoms with E-state index in [0.29, 0.717) is 21.9 Å². The third-order valence-electron chi connectivity index (χ3n) is 4.42. The average Bonchev–Trinajstić information content (AvgIpc) is 2.23. The van der Waals surface area contributed by atoms with E-state index in [1.807, 2.05) is 6.07 Å². The summed E-state index contributed by atoms with van der Waals surface area (Å²) in [7, 11) is 0. The van der Waals surface area contributed by atoms with Crippen molar-refractivity contribution in [2.24, 2.45) is 16.6 Å². The molecule has 2 rings (SSSR count). The van der Waals surface area contributed by atoms with Gasteiger partial charge < -0.3 is 11.1 Å². The third kappa shape index (κ3) is 4.19. The maximum Gasteiger partial charge on any atom is 0.104 e. The van der Waals surface area contributed by atoms with Crippen LogP contribution >= 0.6 is 12.2 Å². The maximum atomic E-state index is 5.73. The molecule has 21 heavy (non-hydrogen) atoms. The number of nitrogens with one attached hydrogen (secondary N) is 1. The number of hydrogen-bond donors (Lipinski definition) is 2. The Morgan fingerprint density at radius 3 is 2.24 bits per heavy atom. The first-order valence-electron chi connectivity index (χ1n) is 7.75. The van der Waals surface area contributed by atoms with Crippen molar-refractivity contribution in [1.29, 1.82) is 0 Å². The molecule has 0 unspecified atom stereocenters. The van der Waals surface area contributed by atoms with Crippen molar-refractivity contribution < 1.29 is 0 Å². The van der Waals surface area contributed by atoms with Gasteiger partial charge in [-0.15, -0.1) is 0 Å². The van der Waals surface area contributed by atoms with Gasteiger partial charge in [-0.1, -0.05) is 39.9 Å². The number of benzene rings is 1. The fraction of sp³-hybridized carbons (Fsp3) is 0.611. The molecule has 0 atom stereocenters. The molecule has 1 saturated carbocycles. The van der Waals surface area contributed by atoms with Crippen molar-refractivity contribution in [3.05, 3.63) is 29.3 Å². The van der Waals surface area contributed by atoms with Gasteiger partial charge >= 0.3 is 0 Å². The number of nitrogens with two attached hydrogens (primary N) is 1. The second kappa shape index (κ2) is 5.60. The van der Waals surface area contributed by atoms with E-state index in [1.54, 1.807) is 0 Å². The molecule has 3 heteroatoms. The molecule has 0 amide bonds. The van der Waals surface area contributed by atoms with E-state index >= 15 is 0 Å². The highest BCUT2D eigenvalue weighted by atomic mass is 32.1. The molecule has 0 bridgehead atoms. The number of thiocarbonyl (C=S) groups is 1. The van der Waals surface area contributed by atoms with E-state index in [4.69, 9.17) is 18.0 Å². The van der Waals surface area contributed by atoms with Gasteiger partial charge in [0.2, 0.25) is 0 Å². The fourth-order valence-electron chi connectivity index (χ4n) is 4.21. The van der Waals surface area contributed by atoms with E-state index in [2.05, 4.69) is 52.1 Å². The molecule has 1 aliphatic rings. The van der Waals surface area contributed by atoms with Gasteiger partial charge in [-0.25, -0.2) is 0 Å². The second-order valence-corrected chi connectivity index (χ2v) is 8.59. The van der Waals surface area contributed by atoms with Crippen LogP contribution in [0.25, 0.3) is 0 Å². The first kappa shape index (κ1) is 16.3.